The first kappa shape index (κ1) is 13.0. The Morgan fingerprint density at radius 3 is 2.89 bits per heavy atom. The first-order valence-corrected chi connectivity index (χ1v) is 6.48. The molecule has 2 rings (SSSR count). The van der Waals surface area contributed by atoms with E-state index in [0.717, 1.165) is 19.4 Å². The highest BCUT2D eigenvalue weighted by atomic mass is 16.2. The van der Waals surface area contributed by atoms with Gasteiger partial charge in [0, 0.05) is 13.1 Å². The molecule has 0 saturated carbocycles. The summed E-state index contributed by atoms with van der Waals surface area (Å²) in [4.78, 5) is 18.0. The Hall–Kier alpha value is -1.43. The number of likely N-dealkylation sites (tertiary alicyclic amines) is 1. The minimum Gasteiger partial charge on any atom is -0.339 e. The van der Waals surface area contributed by atoms with Crippen molar-refractivity contribution in [3.63, 3.8) is 0 Å². The molecule has 1 aliphatic heterocycles. The third kappa shape index (κ3) is 2.69. The van der Waals surface area contributed by atoms with Gasteiger partial charge in [-0.15, -0.1) is 0 Å². The van der Waals surface area contributed by atoms with Crippen LogP contribution in [0.25, 0.3) is 0 Å². The minimum absolute atomic E-state index is 0.0508. The summed E-state index contributed by atoms with van der Waals surface area (Å²) in [6.07, 6.45) is 5.26. The summed E-state index contributed by atoms with van der Waals surface area (Å²) in [5, 5.41) is 4.15. The highest BCUT2D eigenvalue weighted by Crippen LogP contribution is 2.21. The van der Waals surface area contributed by atoms with Gasteiger partial charge < -0.3 is 10.6 Å². The summed E-state index contributed by atoms with van der Waals surface area (Å²) in [6, 6.07) is -0.177. The average molecular weight is 251 g/mol. The topological polar surface area (TPSA) is 77.0 Å². The van der Waals surface area contributed by atoms with Crippen LogP contribution in [0.1, 0.15) is 32.7 Å². The number of hydrogen-bond donors (Lipinski definition) is 1. The summed E-state index contributed by atoms with van der Waals surface area (Å²) in [6.45, 7) is 5.43. The zero-order chi connectivity index (χ0) is 13.1. The molecule has 2 atom stereocenters. The van der Waals surface area contributed by atoms with Gasteiger partial charge in [0.05, 0.1) is 12.1 Å². The minimum atomic E-state index is -0.403. The van der Waals surface area contributed by atoms with Crippen molar-refractivity contribution in [3.8, 4) is 0 Å². The normalized spacial score (nSPS) is 22.2. The lowest BCUT2D eigenvalue weighted by Gasteiger charge is -2.34. The molecule has 0 aliphatic carbocycles. The molecule has 1 unspecified atom stereocenters. The van der Waals surface area contributed by atoms with Crippen molar-refractivity contribution >= 4 is 5.91 Å². The van der Waals surface area contributed by atoms with E-state index in [9.17, 15) is 4.79 Å². The van der Waals surface area contributed by atoms with E-state index in [1.54, 1.807) is 6.33 Å². The molecule has 1 aromatic heterocycles. The quantitative estimate of drug-likeness (QED) is 0.845. The number of rotatable bonds is 3. The summed E-state index contributed by atoms with van der Waals surface area (Å²) < 4.78 is 1.83. The van der Waals surface area contributed by atoms with Gasteiger partial charge in [-0.1, -0.05) is 13.8 Å². The SMILES string of the molecule is CC(C)[C@H](N)C(=O)N1CCCC(n2cncn2)C1. The molecule has 0 aromatic carbocycles. The predicted molar refractivity (Wildman–Crippen MR) is 67.7 cm³/mol. The lowest BCUT2D eigenvalue weighted by atomic mass is 10.0. The second kappa shape index (κ2) is 5.48. The van der Waals surface area contributed by atoms with Gasteiger partial charge in [0.2, 0.25) is 5.91 Å². The van der Waals surface area contributed by atoms with Crippen molar-refractivity contribution in [1.82, 2.24) is 19.7 Å². The van der Waals surface area contributed by atoms with E-state index >= 15 is 0 Å². The van der Waals surface area contributed by atoms with Crippen molar-refractivity contribution in [1.29, 1.82) is 0 Å². The molecule has 1 aliphatic rings. The molecule has 100 valence electrons. The van der Waals surface area contributed by atoms with Gasteiger partial charge in [0.1, 0.15) is 12.7 Å². The van der Waals surface area contributed by atoms with E-state index in [-0.39, 0.29) is 17.9 Å². The van der Waals surface area contributed by atoms with Crippen LogP contribution in [-0.2, 0) is 4.79 Å². The van der Waals surface area contributed by atoms with Crippen molar-refractivity contribution in [2.24, 2.45) is 11.7 Å². The van der Waals surface area contributed by atoms with Crippen LogP contribution >= 0.6 is 0 Å². The van der Waals surface area contributed by atoms with Gasteiger partial charge in [-0.2, -0.15) is 5.10 Å². The van der Waals surface area contributed by atoms with Gasteiger partial charge in [-0.05, 0) is 18.8 Å². The number of nitrogens with zero attached hydrogens (tertiary/aromatic N) is 4. The number of hydrogen-bond acceptors (Lipinski definition) is 4. The zero-order valence-corrected chi connectivity index (χ0v) is 11.0. The maximum Gasteiger partial charge on any atom is 0.239 e. The number of nitrogens with two attached hydrogens (primary N) is 1. The van der Waals surface area contributed by atoms with Crippen molar-refractivity contribution in [2.75, 3.05) is 13.1 Å². The van der Waals surface area contributed by atoms with Gasteiger partial charge in [-0.3, -0.25) is 4.79 Å². The fourth-order valence-electron chi connectivity index (χ4n) is 2.27. The highest BCUT2D eigenvalue weighted by molar-refractivity contribution is 5.82. The Balaban J connectivity index is 2.01. The van der Waals surface area contributed by atoms with E-state index in [2.05, 4.69) is 10.1 Å². The Kier molecular flexibility index (Phi) is 3.96. The maximum absolute atomic E-state index is 12.2. The van der Waals surface area contributed by atoms with Crippen molar-refractivity contribution in [3.05, 3.63) is 12.7 Å². The number of amides is 1. The van der Waals surface area contributed by atoms with Crippen LogP contribution < -0.4 is 5.73 Å². The molecule has 1 fully saturated rings. The molecule has 2 N–H and O–H groups in total. The largest absolute Gasteiger partial charge is 0.339 e. The molecule has 1 saturated heterocycles. The van der Waals surface area contributed by atoms with Crippen LogP contribution in [0.15, 0.2) is 12.7 Å². The number of carbonyl (C=O) groups excluding carboxylic acids is 1. The predicted octanol–water partition coefficient (Wildman–Crippen LogP) is 0.425. The second-order valence-electron chi connectivity index (χ2n) is 5.23. The van der Waals surface area contributed by atoms with Crippen LogP contribution in [0, 0.1) is 5.92 Å². The molecular weight excluding hydrogens is 230 g/mol. The van der Waals surface area contributed by atoms with Gasteiger partial charge in [0.15, 0.2) is 0 Å². The van der Waals surface area contributed by atoms with Crippen molar-refractivity contribution in [2.45, 2.75) is 38.8 Å². The third-order valence-corrected chi connectivity index (χ3v) is 3.52. The number of carbonyl (C=O) groups is 1. The summed E-state index contributed by atoms with van der Waals surface area (Å²) in [5.41, 5.74) is 5.93. The van der Waals surface area contributed by atoms with Crippen LogP contribution in [0.3, 0.4) is 0 Å². The lowest BCUT2D eigenvalue weighted by Crippen LogP contribution is -2.50. The van der Waals surface area contributed by atoms with Crippen LogP contribution in [-0.4, -0.2) is 44.7 Å². The molecule has 6 nitrogen and oxygen atoms in total. The molecule has 0 spiro atoms. The Morgan fingerprint density at radius 2 is 2.28 bits per heavy atom. The molecule has 18 heavy (non-hydrogen) atoms. The Labute approximate surface area is 107 Å². The van der Waals surface area contributed by atoms with Crippen LogP contribution in [0.5, 0.6) is 0 Å². The molecular formula is C12H21N5O. The van der Waals surface area contributed by atoms with E-state index in [0.29, 0.717) is 6.54 Å². The number of piperidine rings is 1. The molecule has 0 radical (unpaired) electrons. The zero-order valence-electron chi connectivity index (χ0n) is 11.0. The average Bonchev–Trinajstić information content (AvgIpc) is 2.91. The molecule has 0 bridgehead atoms. The lowest BCUT2D eigenvalue weighted by molar-refractivity contribution is -0.135. The smallest absolute Gasteiger partial charge is 0.239 e. The van der Waals surface area contributed by atoms with E-state index in [1.165, 1.54) is 6.33 Å². The standard InChI is InChI=1S/C12H21N5O/c1-9(2)11(13)12(18)16-5-3-4-10(6-16)17-8-14-7-15-17/h7-11H,3-6,13H2,1-2H3/t10?,11-/m0/s1. The molecule has 6 heteroatoms. The summed E-state index contributed by atoms with van der Waals surface area (Å²) in [5.74, 6) is 0.221. The maximum atomic E-state index is 12.2. The van der Waals surface area contributed by atoms with Crippen molar-refractivity contribution < 1.29 is 4.79 Å². The second-order valence-corrected chi connectivity index (χ2v) is 5.23. The van der Waals surface area contributed by atoms with E-state index in [1.807, 2.05) is 23.4 Å². The summed E-state index contributed by atoms with van der Waals surface area (Å²) in [7, 11) is 0. The number of aromatic nitrogens is 3. The fourth-order valence-corrected chi connectivity index (χ4v) is 2.27. The van der Waals surface area contributed by atoms with Crippen LogP contribution in [0.4, 0.5) is 0 Å². The van der Waals surface area contributed by atoms with Crippen LogP contribution in [0.2, 0.25) is 0 Å². The van der Waals surface area contributed by atoms with E-state index in [4.69, 9.17) is 5.73 Å². The molecule has 1 amide bonds. The van der Waals surface area contributed by atoms with Gasteiger partial charge >= 0.3 is 0 Å². The Bertz CT molecular complexity index is 389. The molecule has 1 aromatic rings. The summed E-state index contributed by atoms with van der Waals surface area (Å²) >= 11 is 0. The monoisotopic (exact) mass is 251 g/mol. The Morgan fingerprint density at radius 1 is 1.50 bits per heavy atom. The van der Waals surface area contributed by atoms with Gasteiger partial charge in [-0.25, -0.2) is 9.67 Å². The van der Waals surface area contributed by atoms with E-state index < -0.39 is 6.04 Å². The third-order valence-electron chi connectivity index (χ3n) is 3.52. The molecule has 2 heterocycles. The first-order chi connectivity index (χ1) is 8.59. The first-order valence-electron chi connectivity index (χ1n) is 6.48. The highest BCUT2D eigenvalue weighted by Gasteiger charge is 2.29. The van der Waals surface area contributed by atoms with Gasteiger partial charge in [0.25, 0.3) is 0 Å². The fraction of sp³-hybridized carbons (Fsp3) is 0.750.